The molecule has 0 aliphatic carbocycles. The molecule has 0 spiro atoms. The van der Waals surface area contributed by atoms with Gasteiger partial charge in [0.1, 0.15) is 12.4 Å². The van der Waals surface area contributed by atoms with Gasteiger partial charge in [0.2, 0.25) is 12.6 Å². The van der Waals surface area contributed by atoms with Crippen molar-refractivity contribution in [3.05, 3.63) is 42.0 Å². The van der Waals surface area contributed by atoms with E-state index in [1.165, 1.54) is 18.5 Å². The van der Waals surface area contributed by atoms with Crippen LogP contribution in [0.25, 0.3) is 11.1 Å². The monoisotopic (exact) mass is 467 g/mol. The van der Waals surface area contributed by atoms with Crippen molar-refractivity contribution in [1.29, 1.82) is 0 Å². The molecular formula is C18H19ClFN7O5. The molecule has 14 heteroatoms. The summed E-state index contributed by atoms with van der Waals surface area (Å²) in [5.41, 5.74) is 11.6. The van der Waals surface area contributed by atoms with Crippen molar-refractivity contribution in [2.45, 2.75) is 6.61 Å². The Bertz CT molecular complexity index is 1040. The Labute approximate surface area is 187 Å². The Kier molecular flexibility index (Phi) is 8.24. The maximum Gasteiger partial charge on any atom is 0.437 e. The molecule has 170 valence electrons. The highest BCUT2D eigenvalue weighted by atomic mass is 35.5. The number of ether oxygens (including phenoxy) is 1. The Morgan fingerprint density at radius 2 is 1.91 bits per heavy atom. The van der Waals surface area contributed by atoms with E-state index in [4.69, 9.17) is 21.3 Å². The summed E-state index contributed by atoms with van der Waals surface area (Å²) in [7, 11) is 0. The van der Waals surface area contributed by atoms with Crippen molar-refractivity contribution in [2.75, 3.05) is 24.6 Å². The predicted octanol–water partition coefficient (Wildman–Crippen LogP) is 0.892. The molecule has 12 nitrogen and oxygen atoms in total. The lowest BCUT2D eigenvalue weighted by Gasteiger charge is -2.31. The maximum absolute atomic E-state index is 14.8. The van der Waals surface area contributed by atoms with Crippen LogP contribution in [-0.4, -0.2) is 58.5 Å². The number of aromatic nitrogens is 2. The van der Waals surface area contributed by atoms with E-state index in [-0.39, 0.29) is 30.1 Å². The number of carboxylic acids is 1. The van der Waals surface area contributed by atoms with E-state index in [2.05, 4.69) is 25.0 Å². The highest BCUT2D eigenvalue weighted by Gasteiger charge is 2.25. The topological polar surface area (TPSA) is 179 Å². The van der Waals surface area contributed by atoms with Gasteiger partial charge in [0.15, 0.2) is 5.96 Å². The fourth-order valence-electron chi connectivity index (χ4n) is 2.59. The Morgan fingerprint density at radius 1 is 1.22 bits per heavy atom. The van der Waals surface area contributed by atoms with Crippen molar-refractivity contribution >= 4 is 42.1 Å². The molecule has 3 rings (SSSR count). The normalized spacial score (nSPS) is 12.2. The second kappa shape index (κ2) is 10.9. The van der Waals surface area contributed by atoms with E-state index in [1.54, 1.807) is 17.0 Å². The second-order valence-corrected chi connectivity index (χ2v) is 6.32. The molecule has 1 aliphatic heterocycles. The van der Waals surface area contributed by atoms with Gasteiger partial charge in [0.25, 0.3) is 0 Å². The average Bonchev–Trinajstić information content (AvgIpc) is 2.68. The number of carbonyl (C=O) groups excluding carboxylic acids is 1. The molecule has 0 unspecified atom stereocenters. The summed E-state index contributed by atoms with van der Waals surface area (Å²) >= 11 is 0. The molecular weight excluding hydrogens is 449 g/mol. The lowest BCUT2D eigenvalue weighted by Crippen LogP contribution is -2.48. The second-order valence-electron chi connectivity index (χ2n) is 6.32. The molecule has 0 saturated carbocycles. The first-order chi connectivity index (χ1) is 14.8. The van der Waals surface area contributed by atoms with Gasteiger partial charge in [-0.15, -0.1) is 17.4 Å². The quantitative estimate of drug-likeness (QED) is 0.300. The number of nitrogens with zero attached hydrogens (tertiary/aromatic N) is 5. The lowest BCUT2D eigenvalue weighted by molar-refractivity contribution is -0.142. The van der Waals surface area contributed by atoms with E-state index in [1.807, 2.05) is 0 Å². The number of amides is 1. The number of anilines is 1. The Hall–Kier alpha value is -4.00. The van der Waals surface area contributed by atoms with Crippen LogP contribution in [0.5, 0.6) is 0 Å². The molecule has 2 heterocycles. The van der Waals surface area contributed by atoms with Gasteiger partial charge in [-0.2, -0.15) is 0 Å². The molecule has 1 aromatic carbocycles. The molecule has 2 aromatic rings. The first kappa shape index (κ1) is 24.3. The zero-order chi connectivity index (χ0) is 22.4. The summed E-state index contributed by atoms with van der Waals surface area (Å²) in [6, 6.07) is 4.61. The summed E-state index contributed by atoms with van der Waals surface area (Å²) in [6.07, 6.45) is 1.90. The van der Waals surface area contributed by atoms with Crippen LogP contribution in [0.15, 0.2) is 40.7 Å². The molecule has 1 aliphatic rings. The molecule has 32 heavy (non-hydrogen) atoms. The van der Waals surface area contributed by atoms with Crippen molar-refractivity contribution in [1.82, 2.24) is 9.97 Å². The Morgan fingerprint density at radius 3 is 2.53 bits per heavy atom. The van der Waals surface area contributed by atoms with Crippen LogP contribution in [0.4, 0.5) is 15.1 Å². The zero-order valence-corrected chi connectivity index (χ0v) is 17.3. The van der Waals surface area contributed by atoms with Crippen LogP contribution in [0.2, 0.25) is 0 Å². The van der Waals surface area contributed by atoms with Crippen LogP contribution >= 0.6 is 12.4 Å². The summed E-state index contributed by atoms with van der Waals surface area (Å²) in [5, 5.41) is 12.2. The van der Waals surface area contributed by atoms with Gasteiger partial charge in [0, 0.05) is 29.1 Å². The van der Waals surface area contributed by atoms with Crippen molar-refractivity contribution in [3.63, 3.8) is 0 Å². The van der Waals surface area contributed by atoms with Crippen LogP contribution < -0.4 is 16.4 Å². The summed E-state index contributed by atoms with van der Waals surface area (Å²) < 4.78 is 19.6. The van der Waals surface area contributed by atoms with E-state index >= 15 is 0 Å². The first-order valence-electron chi connectivity index (χ1n) is 8.84. The van der Waals surface area contributed by atoms with Gasteiger partial charge < -0.3 is 31.0 Å². The molecule has 0 atom stereocenters. The molecule has 1 saturated heterocycles. The number of carboxylic acid groups (broad SMARTS) is 1. The van der Waals surface area contributed by atoms with E-state index in [0.29, 0.717) is 30.3 Å². The molecule has 1 amide bonds. The number of nitrogens with two attached hydrogens (primary N) is 2. The van der Waals surface area contributed by atoms with Crippen molar-refractivity contribution in [3.8, 4) is 11.1 Å². The lowest BCUT2D eigenvalue weighted by atomic mass is 10.1. The highest BCUT2D eigenvalue weighted by molar-refractivity contribution is 5.98. The number of aliphatic imine (C=N–C) groups is 1. The van der Waals surface area contributed by atoms with Gasteiger partial charge >= 0.3 is 12.1 Å². The van der Waals surface area contributed by atoms with E-state index in [9.17, 15) is 14.0 Å². The van der Waals surface area contributed by atoms with Gasteiger partial charge in [-0.1, -0.05) is 23.4 Å². The number of oxime groups is 1. The van der Waals surface area contributed by atoms with Crippen LogP contribution in [0.1, 0.15) is 5.56 Å². The fourth-order valence-corrected chi connectivity index (χ4v) is 2.59. The van der Waals surface area contributed by atoms with Crippen molar-refractivity contribution < 1.29 is 28.7 Å². The maximum atomic E-state index is 14.8. The predicted molar refractivity (Wildman–Crippen MR) is 114 cm³/mol. The SMILES string of the molecule is Cl.NC(N)=NC(=O)OCc1cccc(-c2cnc(N3CC(=NOCC(=O)O)C3)nc2)c1F. The summed E-state index contributed by atoms with van der Waals surface area (Å²) in [5.74, 6) is -1.75. The fraction of sp³-hybridized carbons (Fsp3) is 0.222. The van der Waals surface area contributed by atoms with Crippen LogP contribution in [-0.2, 0) is 21.0 Å². The number of carbonyl (C=O) groups is 2. The molecule has 1 fully saturated rings. The number of hydrogen-bond acceptors (Lipinski definition) is 8. The number of guanidine groups is 1. The van der Waals surface area contributed by atoms with Crippen LogP contribution in [0, 0.1) is 5.82 Å². The molecule has 0 radical (unpaired) electrons. The standard InChI is InChI=1S/C18H18FN7O5.ClH/c19-15-10(8-30-18(29)24-16(20)21)2-1-3-13(15)11-4-22-17(23-5-11)26-6-12(7-26)25-31-9-14(27)28;/h1-5H,6-9H2,(H,27,28)(H4,20,21,24,29);1H. The van der Waals surface area contributed by atoms with Gasteiger partial charge in [-0.3, -0.25) is 0 Å². The third-order valence-electron chi connectivity index (χ3n) is 4.01. The van der Waals surface area contributed by atoms with Gasteiger partial charge in [-0.25, -0.2) is 23.9 Å². The number of rotatable bonds is 7. The van der Waals surface area contributed by atoms with E-state index < -0.39 is 30.4 Å². The molecule has 0 bridgehead atoms. The van der Waals surface area contributed by atoms with Gasteiger partial charge in [-0.05, 0) is 0 Å². The largest absolute Gasteiger partial charge is 0.479 e. The smallest absolute Gasteiger partial charge is 0.437 e. The minimum absolute atomic E-state index is 0. The third kappa shape index (κ3) is 6.25. The minimum atomic E-state index is -1.11. The number of hydrogen-bond donors (Lipinski definition) is 3. The zero-order valence-electron chi connectivity index (χ0n) is 16.5. The minimum Gasteiger partial charge on any atom is -0.479 e. The van der Waals surface area contributed by atoms with Crippen molar-refractivity contribution in [2.24, 2.45) is 21.6 Å². The third-order valence-corrected chi connectivity index (χ3v) is 4.01. The summed E-state index contributed by atoms with van der Waals surface area (Å²) in [6.45, 7) is -0.0746. The number of aliphatic carboxylic acids is 1. The van der Waals surface area contributed by atoms with E-state index in [0.717, 1.165) is 0 Å². The average molecular weight is 468 g/mol. The highest BCUT2D eigenvalue weighted by Crippen LogP contribution is 2.26. The first-order valence-corrected chi connectivity index (χ1v) is 8.84. The number of halogens is 2. The number of benzene rings is 1. The Balaban J connectivity index is 0.00000363. The molecule has 5 N–H and O–H groups in total. The van der Waals surface area contributed by atoms with Gasteiger partial charge in [0.05, 0.1) is 18.8 Å². The summed E-state index contributed by atoms with van der Waals surface area (Å²) in [4.78, 5) is 39.9. The molecule has 1 aromatic heterocycles. The van der Waals surface area contributed by atoms with Crippen LogP contribution in [0.3, 0.4) is 0 Å².